The van der Waals surface area contributed by atoms with E-state index in [2.05, 4.69) is 200 Å². The lowest BCUT2D eigenvalue weighted by molar-refractivity contribution is 0.295. The maximum atomic E-state index is 5.11. The first-order chi connectivity index (χ1) is 34.0. The van der Waals surface area contributed by atoms with Crippen molar-refractivity contribution < 1.29 is 0 Å². The molecule has 0 saturated heterocycles. The van der Waals surface area contributed by atoms with Crippen molar-refractivity contribution in [1.82, 2.24) is 10.2 Å². The molecule has 1 aromatic carbocycles. The van der Waals surface area contributed by atoms with E-state index in [4.69, 9.17) is 13.2 Å². The quantitative estimate of drug-likeness (QED) is 0.0574. The molecule has 2 aromatic rings. The Morgan fingerprint density at radius 3 is 2.21 bits per heavy atom. The molecule has 5 rings (SSSR count). The van der Waals surface area contributed by atoms with Gasteiger partial charge in [-0.3, -0.25) is 0 Å². The maximum absolute atomic E-state index is 5.11. The van der Waals surface area contributed by atoms with Gasteiger partial charge in [0.15, 0.2) is 0 Å². The number of nitrogens with zero attached hydrogens (tertiary/aromatic N) is 1. The second-order valence-corrected chi connectivity index (χ2v) is 26.2. The van der Waals surface area contributed by atoms with E-state index in [0.717, 1.165) is 69.9 Å². The lowest BCUT2D eigenvalue weighted by Crippen LogP contribution is -2.49. The highest BCUT2D eigenvalue weighted by Gasteiger charge is 2.45. The van der Waals surface area contributed by atoms with Crippen LogP contribution in [0.5, 0.6) is 0 Å². The highest BCUT2D eigenvalue weighted by atomic mass is 32.1. The smallest absolute Gasteiger partial charge is 0.256 e. The van der Waals surface area contributed by atoms with Gasteiger partial charge in [0.2, 0.25) is 0 Å². The third-order valence-corrected chi connectivity index (χ3v) is 19.1. The second kappa shape index (κ2) is 25.7. The van der Waals surface area contributed by atoms with Gasteiger partial charge in [-0.05, 0) is 198 Å². The Labute approximate surface area is 448 Å². The van der Waals surface area contributed by atoms with Crippen molar-refractivity contribution in [2.24, 2.45) is 35.0 Å². The number of rotatable bonds is 26. The number of benzene rings is 1. The van der Waals surface area contributed by atoms with E-state index in [1.165, 1.54) is 80.5 Å². The number of fused-ring (bicyclic) bond motifs is 2. The van der Waals surface area contributed by atoms with E-state index in [0.29, 0.717) is 29.6 Å². The number of nitrogens with one attached hydrogen (secondary N) is 1. The number of unbranched alkanes of at least 4 members (excludes halogenated alkanes) is 1. The van der Waals surface area contributed by atoms with Gasteiger partial charge >= 0.3 is 0 Å². The largest absolute Gasteiger partial charge is 0.388 e. The molecule has 1 N–H and O–H groups in total. The summed E-state index contributed by atoms with van der Waals surface area (Å²) >= 11 is 2.06. The van der Waals surface area contributed by atoms with Crippen LogP contribution in [0.4, 0.5) is 0 Å². The Bertz CT molecular complexity index is 2380. The zero-order valence-electron chi connectivity index (χ0n) is 49.1. The minimum absolute atomic E-state index is 0.00499. The molecule has 0 spiro atoms. The van der Waals surface area contributed by atoms with E-state index in [1.54, 1.807) is 22.3 Å². The van der Waals surface area contributed by atoms with Gasteiger partial charge in [0.25, 0.3) is 6.71 Å². The van der Waals surface area contributed by atoms with Crippen LogP contribution in [-0.2, 0) is 10.8 Å². The fraction of sp³-hybridized carbons (Fsp3) is 0.588. The number of allylic oxidation sites excluding steroid dienone is 10. The van der Waals surface area contributed by atoms with Gasteiger partial charge in [-0.15, -0.1) is 24.5 Å². The van der Waals surface area contributed by atoms with Crippen molar-refractivity contribution in [1.29, 1.82) is 0 Å². The third kappa shape index (κ3) is 13.6. The summed E-state index contributed by atoms with van der Waals surface area (Å²) in [4.78, 5) is 2.88. The van der Waals surface area contributed by atoms with Gasteiger partial charge in [0.05, 0.1) is 6.04 Å². The minimum Gasteiger partial charge on any atom is -0.388 e. The van der Waals surface area contributed by atoms with Crippen LogP contribution in [0.2, 0.25) is 0 Å². The molecule has 0 radical (unpaired) electrons. The van der Waals surface area contributed by atoms with Gasteiger partial charge in [-0.25, -0.2) is 0 Å². The second-order valence-electron chi connectivity index (χ2n) is 25.1. The summed E-state index contributed by atoms with van der Waals surface area (Å²) < 4.78 is 2.89. The Morgan fingerprint density at radius 1 is 0.944 bits per heavy atom. The molecule has 1 aliphatic heterocycles. The molecule has 4 heteroatoms. The van der Waals surface area contributed by atoms with Gasteiger partial charge in [-0.2, -0.15) is 0 Å². The number of hydrogen-bond donors (Lipinski definition) is 1. The van der Waals surface area contributed by atoms with Crippen molar-refractivity contribution in [2.75, 3.05) is 6.54 Å². The standard InChI is InChI=1S/C68H103BN2S/c1-21-28-32-48(10)50(12)38-62-60(45-70-37-30-34-55(27-7)66(14,15)16)69(65-42-54-39-57-58(44-64(54)72-65)68(19,20)36-35-67(57,17)18)59-43-56(47(9)25-5)52(26-6)40-63(59)71(62)61(51(13)49(11)33-29-22-2)41-53(31-23-3)46(8)24-4/h22,27,30-31,37-39,42-44,46-48,52,55,61,70H,2,7,11,13,21,23-26,28-29,32-36,40-41,45H2,1,3-6,8-10,12,14-20H3/b37-30+,50-38+,53-31-. The van der Waals surface area contributed by atoms with Crippen LogP contribution in [0.3, 0.4) is 0 Å². The van der Waals surface area contributed by atoms with Crippen LogP contribution in [0.1, 0.15) is 212 Å². The van der Waals surface area contributed by atoms with Gasteiger partial charge < -0.3 is 10.2 Å². The van der Waals surface area contributed by atoms with E-state index in [1.807, 2.05) is 6.08 Å². The first-order valence-electron chi connectivity index (χ1n) is 28.9. The highest BCUT2D eigenvalue weighted by Crippen LogP contribution is 2.50. The fourth-order valence-electron chi connectivity index (χ4n) is 12.1. The summed E-state index contributed by atoms with van der Waals surface area (Å²) in [5.74, 6) is 2.29. The summed E-state index contributed by atoms with van der Waals surface area (Å²) in [6.07, 6.45) is 31.9. The molecule has 2 aliphatic carbocycles. The molecule has 1 aromatic heterocycles. The highest BCUT2D eigenvalue weighted by molar-refractivity contribution is 7.30. The SMILES string of the molecule is C=CCCC(=C)C(=C)C(C/C(=C/CC)C(C)CC)N1C(/C=C(\C)C(C)CCCC)=C(CN/C=C/CC(C=C)C(C)(C)C)B(c2cc3cc4c(cc3s2)C(C)(C)CCC4(C)C)C2=C1CC(CC)C(C(C)CC)=C2. The van der Waals surface area contributed by atoms with Crippen LogP contribution in [-0.4, -0.2) is 24.2 Å². The minimum atomic E-state index is 0.00499. The van der Waals surface area contributed by atoms with E-state index < -0.39 is 0 Å². The van der Waals surface area contributed by atoms with Gasteiger partial charge in [0, 0.05) is 22.6 Å². The molecule has 3 aliphatic rings. The van der Waals surface area contributed by atoms with Gasteiger partial charge in [0.1, 0.15) is 0 Å². The van der Waals surface area contributed by atoms with Crippen LogP contribution in [0.15, 0.2) is 137 Å². The molecular weight excluding hydrogens is 888 g/mol. The molecule has 72 heavy (non-hydrogen) atoms. The Balaban J connectivity index is 1.96. The fourth-order valence-corrected chi connectivity index (χ4v) is 13.3. The first kappa shape index (κ1) is 59.1. The van der Waals surface area contributed by atoms with Crippen molar-refractivity contribution in [2.45, 2.75) is 218 Å². The monoisotopic (exact) mass is 991 g/mol. The average molecular weight is 991 g/mol. The number of thiophene rings is 1. The average Bonchev–Trinajstić information content (AvgIpc) is 3.77. The lowest BCUT2D eigenvalue weighted by Gasteiger charge is -2.48. The third-order valence-electron chi connectivity index (χ3n) is 18.0. The van der Waals surface area contributed by atoms with E-state index >= 15 is 0 Å². The Morgan fingerprint density at radius 2 is 1.62 bits per heavy atom. The molecule has 2 heterocycles. The molecule has 0 saturated carbocycles. The molecule has 0 amide bonds. The van der Waals surface area contributed by atoms with Crippen LogP contribution in [0.25, 0.3) is 10.1 Å². The van der Waals surface area contributed by atoms with Crippen LogP contribution >= 0.6 is 11.3 Å². The summed E-state index contributed by atoms with van der Waals surface area (Å²) in [6, 6.07) is 7.84. The Hall–Kier alpha value is -3.76. The molecule has 6 atom stereocenters. The molecule has 2 nitrogen and oxygen atoms in total. The van der Waals surface area contributed by atoms with E-state index in [9.17, 15) is 0 Å². The predicted octanol–water partition coefficient (Wildman–Crippen LogP) is 19.6. The molecule has 0 fully saturated rings. The zero-order chi connectivity index (χ0) is 53.3. The van der Waals surface area contributed by atoms with Crippen molar-refractivity contribution in [3.05, 3.63) is 149 Å². The number of hydrogen-bond acceptors (Lipinski definition) is 3. The van der Waals surface area contributed by atoms with Gasteiger partial charge in [-0.1, -0.05) is 183 Å². The predicted molar refractivity (Wildman–Crippen MR) is 326 cm³/mol. The lowest BCUT2D eigenvalue weighted by atomic mass is 9.35. The molecular formula is C68H103BN2S. The topological polar surface area (TPSA) is 15.3 Å². The summed E-state index contributed by atoms with van der Waals surface area (Å²) in [6.45, 7) is 57.7. The van der Waals surface area contributed by atoms with Crippen molar-refractivity contribution in [3.8, 4) is 0 Å². The molecule has 394 valence electrons. The normalized spacial score (nSPS) is 20.5. The summed E-state index contributed by atoms with van der Waals surface area (Å²) in [5, 5.41) is 5.41. The molecule has 6 unspecified atom stereocenters. The summed E-state index contributed by atoms with van der Waals surface area (Å²) in [5.41, 5.74) is 16.3. The zero-order valence-corrected chi connectivity index (χ0v) is 49.9. The Kier molecular flexibility index (Phi) is 21.1. The van der Waals surface area contributed by atoms with Crippen molar-refractivity contribution in [3.63, 3.8) is 0 Å². The maximum Gasteiger partial charge on any atom is 0.256 e. The van der Waals surface area contributed by atoms with E-state index in [-0.39, 0.29) is 29.0 Å². The first-order valence-corrected chi connectivity index (χ1v) is 29.8. The van der Waals surface area contributed by atoms with Crippen LogP contribution < -0.4 is 10.1 Å². The summed E-state index contributed by atoms with van der Waals surface area (Å²) in [7, 11) is 0. The van der Waals surface area contributed by atoms with Crippen molar-refractivity contribution >= 4 is 32.9 Å². The van der Waals surface area contributed by atoms with Crippen LogP contribution in [0, 0.1) is 35.0 Å². The molecule has 0 bridgehead atoms.